The third-order valence-electron chi connectivity index (χ3n) is 4.16. The Morgan fingerprint density at radius 3 is 2.56 bits per heavy atom. The van der Waals surface area contributed by atoms with E-state index in [1.807, 2.05) is 26.8 Å². The van der Waals surface area contributed by atoms with Crippen molar-refractivity contribution in [3.8, 4) is 5.75 Å². The van der Waals surface area contributed by atoms with Gasteiger partial charge in [-0.15, -0.1) is 0 Å². The van der Waals surface area contributed by atoms with E-state index < -0.39 is 11.7 Å². The second kappa shape index (κ2) is 8.43. The quantitative estimate of drug-likeness (QED) is 0.824. The molecule has 0 bridgehead atoms. The zero-order valence-electron chi connectivity index (χ0n) is 15.9. The van der Waals surface area contributed by atoms with Crippen LogP contribution in [0.1, 0.15) is 40.0 Å². The number of likely N-dealkylation sites (tertiary alicyclic amines) is 1. The first kappa shape index (κ1) is 19.4. The molecule has 1 aromatic carbocycles. The van der Waals surface area contributed by atoms with Crippen LogP contribution in [0.4, 0.5) is 16.2 Å². The summed E-state index contributed by atoms with van der Waals surface area (Å²) in [5.74, 6) is 0.705. The number of piperidine rings is 1. The van der Waals surface area contributed by atoms with Crippen LogP contribution in [0.5, 0.6) is 5.75 Å². The molecule has 1 amide bonds. The molecule has 0 atom stereocenters. The first-order chi connectivity index (χ1) is 11.8. The lowest BCUT2D eigenvalue weighted by Gasteiger charge is -2.27. The summed E-state index contributed by atoms with van der Waals surface area (Å²) in [5, 5.41) is 0. The van der Waals surface area contributed by atoms with Gasteiger partial charge in [-0.25, -0.2) is 4.79 Å². The molecule has 1 heterocycles. The molecule has 0 unspecified atom stereocenters. The highest BCUT2D eigenvalue weighted by molar-refractivity contribution is 5.91. The molecular formula is C19H31N3O3. The van der Waals surface area contributed by atoms with E-state index in [9.17, 15) is 4.79 Å². The molecule has 1 aliphatic rings. The molecule has 25 heavy (non-hydrogen) atoms. The number of amides is 1. The van der Waals surface area contributed by atoms with Crippen molar-refractivity contribution in [2.45, 2.75) is 45.6 Å². The molecule has 0 saturated carbocycles. The number of nitrogens with two attached hydrogens (primary N) is 1. The Kier molecular flexibility index (Phi) is 6.53. The molecule has 2 rings (SSSR count). The second-order valence-corrected chi connectivity index (χ2v) is 7.51. The Morgan fingerprint density at radius 2 is 1.92 bits per heavy atom. The summed E-state index contributed by atoms with van der Waals surface area (Å²) < 4.78 is 11.3. The minimum atomic E-state index is -0.553. The third-order valence-corrected chi connectivity index (χ3v) is 4.16. The average molecular weight is 349 g/mol. The Morgan fingerprint density at radius 1 is 1.24 bits per heavy atom. The number of benzene rings is 1. The van der Waals surface area contributed by atoms with Crippen molar-refractivity contribution in [3.63, 3.8) is 0 Å². The summed E-state index contributed by atoms with van der Waals surface area (Å²) in [4.78, 5) is 16.1. The van der Waals surface area contributed by atoms with Crippen LogP contribution >= 0.6 is 0 Å². The summed E-state index contributed by atoms with van der Waals surface area (Å²) in [6, 6.07) is 5.37. The lowest BCUT2D eigenvalue weighted by atomic mass is 10.1. The predicted octanol–water partition coefficient (Wildman–Crippen LogP) is 3.50. The van der Waals surface area contributed by atoms with Crippen molar-refractivity contribution >= 4 is 17.5 Å². The normalized spacial score (nSPS) is 15.7. The largest absolute Gasteiger partial charge is 0.492 e. The molecule has 0 spiro atoms. The van der Waals surface area contributed by atoms with Crippen LogP contribution in [0.3, 0.4) is 0 Å². The van der Waals surface area contributed by atoms with Gasteiger partial charge in [-0.3, -0.25) is 9.80 Å². The van der Waals surface area contributed by atoms with E-state index in [2.05, 4.69) is 4.90 Å². The van der Waals surface area contributed by atoms with Crippen LogP contribution in [0.15, 0.2) is 18.2 Å². The molecule has 0 radical (unpaired) electrons. The Bertz CT molecular complexity index is 578. The summed E-state index contributed by atoms with van der Waals surface area (Å²) >= 11 is 0. The fourth-order valence-electron chi connectivity index (χ4n) is 2.81. The minimum Gasteiger partial charge on any atom is -0.492 e. The van der Waals surface area contributed by atoms with Crippen molar-refractivity contribution in [2.24, 2.45) is 0 Å². The SMILES string of the molecule is CN(C(=O)OC(C)(C)C)c1cc(OCCN2CCCCC2)ccc1N. The molecule has 6 nitrogen and oxygen atoms in total. The Hall–Kier alpha value is -1.95. The van der Waals surface area contributed by atoms with Crippen molar-refractivity contribution in [1.82, 2.24) is 4.90 Å². The maximum Gasteiger partial charge on any atom is 0.414 e. The molecule has 1 aliphatic heterocycles. The van der Waals surface area contributed by atoms with E-state index in [-0.39, 0.29) is 0 Å². The van der Waals surface area contributed by atoms with Crippen LogP contribution in [-0.4, -0.2) is 49.9 Å². The lowest BCUT2D eigenvalue weighted by molar-refractivity contribution is 0.0589. The highest BCUT2D eigenvalue weighted by atomic mass is 16.6. The van der Waals surface area contributed by atoms with Crippen LogP contribution < -0.4 is 15.4 Å². The number of hydrogen-bond acceptors (Lipinski definition) is 5. The van der Waals surface area contributed by atoms with Gasteiger partial charge in [0, 0.05) is 19.7 Å². The first-order valence-corrected chi connectivity index (χ1v) is 8.97. The van der Waals surface area contributed by atoms with Gasteiger partial charge in [0.15, 0.2) is 0 Å². The van der Waals surface area contributed by atoms with Crippen molar-refractivity contribution in [1.29, 1.82) is 0 Å². The summed E-state index contributed by atoms with van der Waals surface area (Å²) in [5.41, 5.74) is 6.57. The van der Waals surface area contributed by atoms with E-state index in [0.29, 0.717) is 23.7 Å². The summed E-state index contributed by atoms with van der Waals surface area (Å²) in [6.45, 7) is 9.35. The Balaban J connectivity index is 1.95. The van der Waals surface area contributed by atoms with E-state index in [4.69, 9.17) is 15.2 Å². The molecule has 0 aromatic heterocycles. The number of ether oxygens (including phenoxy) is 2. The number of nitrogens with zero attached hydrogens (tertiary/aromatic N) is 2. The van der Waals surface area contributed by atoms with E-state index in [1.165, 1.54) is 24.2 Å². The van der Waals surface area contributed by atoms with Gasteiger partial charge in [-0.05, 0) is 58.8 Å². The molecule has 1 aromatic rings. The number of nitrogen functional groups attached to an aromatic ring is 1. The van der Waals surface area contributed by atoms with Crippen molar-refractivity contribution < 1.29 is 14.3 Å². The number of anilines is 2. The minimum absolute atomic E-state index is 0.440. The summed E-state index contributed by atoms with van der Waals surface area (Å²) in [6.07, 6.45) is 3.43. The molecular weight excluding hydrogens is 318 g/mol. The maximum atomic E-state index is 12.2. The lowest BCUT2D eigenvalue weighted by Crippen LogP contribution is -2.34. The first-order valence-electron chi connectivity index (χ1n) is 8.97. The number of rotatable bonds is 5. The smallest absolute Gasteiger partial charge is 0.414 e. The van der Waals surface area contributed by atoms with E-state index >= 15 is 0 Å². The highest BCUT2D eigenvalue weighted by Gasteiger charge is 2.22. The van der Waals surface area contributed by atoms with Gasteiger partial charge in [-0.1, -0.05) is 6.42 Å². The highest BCUT2D eigenvalue weighted by Crippen LogP contribution is 2.28. The number of carbonyl (C=O) groups is 1. The van der Waals surface area contributed by atoms with E-state index in [0.717, 1.165) is 19.6 Å². The fraction of sp³-hybridized carbons (Fsp3) is 0.632. The van der Waals surface area contributed by atoms with Crippen LogP contribution in [0, 0.1) is 0 Å². The van der Waals surface area contributed by atoms with E-state index in [1.54, 1.807) is 19.2 Å². The van der Waals surface area contributed by atoms with Crippen LogP contribution in [-0.2, 0) is 4.74 Å². The Labute approximate surface area is 150 Å². The van der Waals surface area contributed by atoms with Crippen molar-refractivity contribution in [3.05, 3.63) is 18.2 Å². The molecule has 0 aliphatic carbocycles. The summed E-state index contributed by atoms with van der Waals surface area (Å²) in [7, 11) is 1.65. The second-order valence-electron chi connectivity index (χ2n) is 7.51. The van der Waals surface area contributed by atoms with Gasteiger partial charge in [-0.2, -0.15) is 0 Å². The van der Waals surface area contributed by atoms with Gasteiger partial charge in [0.05, 0.1) is 11.4 Å². The zero-order chi connectivity index (χ0) is 18.4. The number of hydrogen-bond donors (Lipinski definition) is 1. The standard InChI is InChI=1S/C19H31N3O3/c1-19(2,3)25-18(23)21(4)17-14-15(8-9-16(17)20)24-13-12-22-10-6-5-7-11-22/h8-9,14H,5-7,10-13,20H2,1-4H3. The van der Waals surface area contributed by atoms with Gasteiger partial charge in [0.2, 0.25) is 0 Å². The fourth-order valence-corrected chi connectivity index (χ4v) is 2.81. The molecule has 2 N–H and O–H groups in total. The van der Waals surface area contributed by atoms with Crippen LogP contribution in [0.2, 0.25) is 0 Å². The van der Waals surface area contributed by atoms with Gasteiger partial charge < -0.3 is 15.2 Å². The number of carbonyl (C=O) groups excluding carboxylic acids is 1. The predicted molar refractivity (Wildman–Crippen MR) is 101 cm³/mol. The molecule has 6 heteroatoms. The molecule has 1 fully saturated rings. The monoisotopic (exact) mass is 349 g/mol. The van der Waals surface area contributed by atoms with Gasteiger partial charge in [0.1, 0.15) is 18.0 Å². The van der Waals surface area contributed by atoms with Gasteiger partial charge in [0.25, 0.3) is 0 Å². The maximum absolute atomic E-state index is 12.2. The topological polar surface area (TPSA) is 68.0 Å². The van der Waals surface area contributed by atoms with Crippen LogP contribution in [0.25, 0.3) is 0 Å². The van der Waals surface area contributed by atoms with Gasteiger partial charge >= 0.3 is 6.09 Å². The average Bonchev–Trinajstić information content (AvgIpc) is 2.55. The molecule has 140 valence electrons. The van der Waals surface area contributed by atoms with Crippen molar-refractivity contribution in [2.75, 3.05) is 43.9 Å². The zero-order valence-corrected chi connectivity index (χ0v) is 15.9. The molecule has 1 saturated heterocycles. The third kappa shape index (κ3) is 6.12.